The van der Waals surface area contributed by atoms with Gasteiger partial charge in [0.2, 0.25) is 0 Å². The Balaban J connectivity index is 1.49. The van der Waals surface area contributed by atoms with E-state index < -0.39 is 0 Å². The van der Waals surface area contributed by atoms with Gasteiger partial charge in [-0.15, -0.1) is 22.7 Å². The Hall–Kier alpha value is -1.66. The molecule has 0 saturated carbocycles. The molecule has 22 heavy (non-hydrogen) atoms. The largest absolute Gasteiger partial charge is 0.452 e. The Labute approximate surface area is 137 Å². The third-order valence-electron chi connectivity index (χ3n) is 3.66. The number of ether oxygens (including phenoxy) is 1. The fourth-order valence-electron chi connectivity index (χ4n) is 2.52. The molecule has 1 aliphatic rings. The predicted octanol–water partition coefficient (Wildman–Crippen LogP) is 3.16. The number of esters is 1. The van der Waals surface area contributed by atoms with Crippen LogP contribution in [0.3, 0.4) is 0 Å². The lowest BCUT2D eigenvalue weighted by molar-refractivity contribution is -0.124. The molecule has 0 fully saturated rings. The fourth-order valence-corrected chi connectivity index (χ4v) is 4.28. The van der Waals surface area contributed by atoms with E-state index in [1.54, 1.807) is 22.7 Å². The number of thiophene rings is 2. The van der Waals surface area contributed by atoms with Crippen molar-refractivity contribution >= 4 is 34.6 Å². The van der Waals surface area contributed by atoms with Crippen molar-refractivity contribution in [1.82, 2.24) is 5.32 Å². The molecule has 4 nitrogen and oxygen atoms in total. The van der Waals surface area contributed by atoms with E-state index in [1.807, 2.05) is 22.9 Å². The van der Waals surface area contributed by atoms with Crippen LogP contribution in [0.1, 0.15) is 38.5 Å². The molecule has 1 amide bonds. The molecule has 3 rings (SSSR count). The smallest absolute Gasteiger partial charge is 0.339 e. The van der Waals surface area contributed by atoms with E-state index in [2.05, 4.69) is 5.32 Å². The average Bonchev–Trinajstić information content (AvgIpc) is 3.19. The maximum Gasteiger partial charge on any atom is 0.339 e. The highest BCUT2D eigenvalue weighted by atomic mass is 32.1. The highest BCUT2D eigenvalue weighted by molar-refractivity contribution is 7.10. The number of hydrogen-bond acceptors (Lipinski definition) is 5. The molecule has 1 aliphatic carbocycles. The van der Waals surface area contributed by atoms with Gasteiger partial charge in [0.25, 0.3) is 5.91 Å². The van der Waals surface area contributed by atoms with Crippen molar-refractivity contribution < 1.29 is 14.3 Å². The molecule has 116 valence electrons. The lowest BCUT2D eigenvalue weighted by atomic mass is 9.96. The Kier molecular flexibility index (Phi) is 4.90. The maximum absolute atomic E-state index is 12.1. The van der Waals surface area contributed by atoms with Gasteiger partial charge < -0.3 is 10.1 Å². The van der Waals surface area contributed by atoms with Crippen LogP contribution in [-0.2, 0) is 28.9 Å². The van der Waals surface area contributed by atoms with Gasteiger partial charge in [0, 0.05) is 15.1 Å². The first-order chi connectivity index (χ1) is 10.7. The van der Waals surface area contributed by atoms with Crippen molar-refractivity contribution in [3.63, 3.8) is 0 Å². The van der Waals surface area contributed by atoms with Gasteiger partial charge in [-0.3, -0.25) is 4.79 Å². The number of aryl methyl sites for hydroxylation is 1. The number of carbonyl (C=O) groups excluding carboxylic acids is 2. The van der Waals surface area contributed by atoms with Crippen LogP contribution in [0.15, 0.2) is 22.9 Å². The zero-order valence-electron chi connectivity index (χ0n) is 12.1. The number of carbonyl (C=O) groups is 2. The van der Waals surface area contributed by atoms with Crippen molar-refractivity contribution in [2.24, 2.45) is 0 Å². The van der Waals surface area contributed by atoms with Crippen molar-refractivity contribution in [2.45, 2.75) is 32.2 Å². The molecule has 2 heterocycles. The monoisotopic (exact) mass is 335 g/mol. The molecule has 6 heteroatoms. The molecule has 0 aromatic carbocycles. The van der Waals surface area contributed by atoms with Crippen molar-refractivity contribution in [3.8, 4) is 0 Å². The van der Waals surface area contributed by atoms with Gasteiger partial charge >= 0.3 is 5.97 Å². The molecular formula is C16H17NO3S2. The van der Waals surface area contributed by atoms with E-state index in [1.165, 1.54) is 11.3 Å². The predicted molar refractivity (Wildman–Crippen MR) is 87.4 cm³/mol. The van der Waals surface area contributed by atoms with Crippen molar-refractivity contribution in [1.29, 1.82) is 0 Å². The van der Waals surface area contributed by atoms with Gasteiger partial charge in [0.05, 0.1) is 12.1 Å². The molecule has 0 spiro atoms. The summed E-state index contributed by atoms with van der Waals surface area (Å²) in [5.74, 6) is -0.656. The van der Waals surface area contributed by atoms with Gasteiger partial charge in [-0.05, 0) is 42.7 Å². The first kappa shape index (κ1) is 15.2. The Morgan fingerprint density at radius 3 is 2.91 bits per heavy atom. The third-order valence-corrected chi connectivity index (χ3v) is 5.62. The second-order valence-electron chi connectivity index (χ2n) is 5.19. The van der Waals surface area contributed by atoms with Gasteiger partial charge in [0.15, 0.2) is 6.61 Å². The van der Waals surface area contributed by atoms with Crippen LogP contribution in [0.2, 0.25) is 0 Å². The van der Waals surface area contributed by atoms with Gasteiger partial charge in [-0.2, -0.15) is 0 Å². The highest BCUT2D eigenvalue weighted by Crippen LogP contribution is 2.30. The highest BCUT2D eigenvalue weighted by Gasteiger charge is 2.21. The van der Waals surface area contributed by atoms with Crippen LogP contribution in [0.4, 0.5) is 0 Å². The van der Waals surface area contributed by atoms with Crippen LogP contribution in [0, 0.1) is 0 Å². The minimum Gasteiger partial charge on any atom is -0.452 e. The summed E-state index contributed by atoms with van der Waals surface area (Å²) in [5, 5.41) is 6.57. The quantitative estimate of drug-likeness (QED) is 0.854. The fraction of sp³-hybridized carbons (Fsp3) is 0.375. The second kappa shape index (κ2) is 7.07. The molecule has 1 N–H and O–H groups in total. The first-order valence-corrected chi connectivity index (χ1v) is 9.05. The van der Waals surface area contributed by atoms with Crippen LogP contribution in [-0.4, -0.2) is 18.5 Å². The molecule has 0 radical (unpaired) electrons. The van der Waals surface area contributed by atoms with Crippen LogP contribution in [0.5, 0.6) is 0 Å². The van der Waals surface area contributed by atoms with Gasteiger partial charge in [0.1, 0.15) is 0 Å². The second-order valence-corrected chi connectivity index (χ2v) is 7.19. The first-order valence-electron chi connectivity index (χ1n) is 7.29. The minimum absolute atomic E-state index is 0.227. The summed E-state index contributed by atoms with van der Waals surface area (Å²) in [6.45, 7) is 0.247. The third kappa shape index (κ3) is 3.56. The zero-order chi connectivity index (χ0) is 15.4. The Morgan fingerprint density at radius 1 is 1.23 bits per heavy atom. The van der Waals surface area contributed by atoms with Gasteiger partial charge in [-0.1, -0.05) is 6.07 Å². The Morgan fingerprint density at radius 2 is 2.09 bits per heavy atom. The maximum atomic E-state index is 12.1. The van der Waals surface area contributed by atoms with E-state index in [-0.39, 0.29) is 18.5 Å². The van der Waals surface area contributed by atoms with Gasteiger partial charge in [-0.25, -0.2) is 4.79 Å². The standard InChI is InChI=1S/C16H17NO3S2/c18-15(17-8-11-4-3-7-21-11)9-20-16(19)13-10-22-14-6-2-1-5-12(13)14/h3-4,7,10H,1-2,5-6,8-9H2,(H,17,18). The van der Waals surface area contributed by atoms with E-state index >= 15 is 0 Å². The van der Waals surface area contributed by atoms with E-state index in [0.29, 0.717) is 12.1 Å². The lowest BCUT2D eigenvalue weighted by Gasteiger charge is -2.12. The summed E-state index contributed by atoms with van der Waals surface area (Å²) < 4.78 is 5.14. The topological polar surface area (TPSA) is 55.4 Å². The average molecular weight is 335 g/mol. The summed E-state index contributed by atoms with van der Waals surface area (Å²) in [5.41, 5.74) is 1.77. The SMILES string of the molecule is O=C(COC(=O)c1csc2c1CCCC2)NCc1cccs1. The molecule has 0 atom stereocenters. The number of rotatable bonds is 5. The molecule has 0 bridgehead atoms. The van der Waals surface area contributed by atoms with Crippen molar-refractivity contribution in [3.05, 3.63) is 43.8 Å². The molecule has 0 aliphatic heterocycles. The molecule has 0 unspecified atom stereocenters. The number of nitrogens with one attached hydrogen (secondary N) is 1. The number of amides is 1. The lowest BCUT2D eigenvalue weighted by Crippen LogP contribution is -2.28. The zero-order valence-corrected chi connectivity index (χ0v) is 13.7. The summed E-state index contributed by atoms with van der Waals surface area (Å²) in [6.07, 6.45) is 4.29. The normalized spacial score (nSPS) is 13.5. The molecule has 2 aromatic rings. The van der Waals surface area contributed by atoms with Crippen molar-refractivity contribution in [2.75, 3.05) is 6.61 Å². The molecule has 0 saturated heterocycles. The van der Waals surface area contributed by atoms with E-state index in [9.17, 15) is 9.59 Å². The number of fused-ring (bicyclic) bond motifs is 1. The Bertz CT molecular complexity index is 661. The summed E-state index contributed by atoms with van der Waals surface area (Å²) in [7, 11) is 0. The van der Waals surface area contributed by atoms with Crippen LogP contribution in [0.25, 0.3) is 0 Å². The molecular weight excluding hydrogens is 318 g/mol. The minimum atomic E-state index is -0.384. The summed E-state index contributed by atoms with van der Waals surface area (Å²) in [6, 6.07) is 3.89. The van der Waals surface area contributed by atoms with E-state index in [4.69, 9.17) is 4.74 Å². The van der Waals surface area contributed by atoms with E-state index in [0.717, 1.165) is 29.7 Å². The molecule has 2 aromatic heterocycles. The summed E-state index contributed by atoms with van der Waals surface area (Å²) >= 11 is 3.20. The number of hydrogen-bond donors (Lipinski definition) is 1. The summed E-state index contributed by atoms with van der Waals surface area (Å²) in [4.78, 5) is 26.2. The van der Waals surface area contributed by atoms with Crippen LogP contribution < -0.4 is 5.32 Å². The van der Waals surface area contributed by atoms with Crippen LogP contribution >= 0.6 is 22.7 Å².